The molecule has 0 heterocycles. The van der Waals surface area contributed by atoms with Gasteiger partial charge in [0, 0.05) is 0 Å². The second-order valence-corrected chi connectivity index (χ2v) is 2.98. The molecule has 0 aromatic carbocycles. The van der Waals surface area contributed by atoms with Crippen LogP contribution in [0, 0.1) is 0 Å². The van der Waals surface area contributed by atoms with E-state index in [-0.39, 0.29) is 6.42 Å². The van der Waals surface area contributed by atoms with Crippen molar-refractivity contribution in [3.05, 3.63) is 0 Å². The van der Waals surface area contributed by atoms with Crippen LogP contribution in [0.4, 0.5) is 8.78 Å². The number of nitrogens with two attached hydrogens (primary N) is 1. The number of rotatable bonds is 7. The lowest BCUT2D eigenvalue weighted by atomic mass is 10.1. The number of aliphatic carboxylic acids is 1. The van der Waals surface area contributed by atoms with Gasteiger partial charge in [-0.1, -0.05) is 0 Å². The van der Waals surface area contributed by atoms with Crippen LogP contribution in [0.1, 0.15) is 19.3 Å². The average molecular weight is 224 g/mol. The number of carboxylic acids is 1. The van der Waals surface area contributed by atoms with Gasteiger partial charge in [0.25, 0.3) is 5.91 Å². The maximum absolute atomic E-state index is 11.8. The summed E-state index contributed by atoms with van der Waals surface area (Å²) in [4.78, 5) is 21.1. The first-order chi connectivity index (χ1) is 6.99. The summed E-state index contributed by atoms with van der Waals surface area (Å²) in [7, 11) is 0. The van der Waals surface area contributed by atoms with Crippen LogP contribution < -0.4 is 11.1 Å². The minimum absolute atomic E-state index is 0.102. The predicted molar refractivity (Wildman–Crippen MR) is 48.5 cm³/mol. The Balaban J connectivity index is 4.05. The lowest BCUT2D eigenvalue weighted by Crippen LogP contribution is -2.43. The van der Waals surface area contributed by atoms with E-state index in [0.29, 0.717) is 19.4 Å². The van der Waals surface area contributed by atoms with E-state index in [0.717, 1.165) is 0 Å². The third kappa shape index (κ3) is 5.95. The number of hydrogen-bond acceptors (Lipinski definition) is 3. The fraction of sp³-hybridized carbons (Fsp3) is 0.750. The van der Waals surface area contributed by atoms with Gasteiger partial charge in [0.05, 0.1) is 0 Å². The van der Waals surface area contributed by atoms with Crippen LogP contribution in [0.25, 0.3) is 0 Å². The molecule has 0 bridgehead atoms. The normalized spacial score (nSPS) is 12.5. The first-order valence-electron chi connectivity index (χ1n) is 4.50. The molecule has 0 aromatic rings. The molecule has 0 rings (SSSR count). The van der Waals surface area contributed by atoms with Crippen molar-refractivity contribution in [2.45, 2.75) is 31.7 Å². The first-order valence-corrected chi connectivity index (χ1v) is 4.50. The van der Waals surface area contributed by atoms with Crippen LogP contribution in [0.5, 0.6) is 0 Å². The standard InChI is InChI=1S/C8H14F2N2O3/c9-6(10)7(13)12-5(8(14)15)3-1-2-4-11/h5-6H,1-4,11H2,(H,12,13)(H,14,15)/t5-/m0/s1. The van der Waals surface area contributed by atoms with E-state index in [1.54, 1.807) is 5.32 Å². The van der Waals surface area contributed by atoms with Gasteiger partial charge >= 0.3 is 12.4 Å². The van der Waals surface area contributed by atoms with E-state index < -0.39 is 24.3 Å². The monoisotopic (exact) mass is 224 g/mol. The molecule has 0 unspecified atom stereocenters. The quantitative estimate of drug-likeness (QED) is 0.528. The fourth-order valence-electron chi connectivity index (χ4n) is 0.985. The van der Waals surface area contributed by atoms with Gasteiger partial charge < -0.3 is 16.2 Å². The van der Waals surface area contributed by atoms with E-state index in [9.17, 15) is 18.4 Å². The molecule has 15 heavy (non-hydrogen) atoms. The number of alkyl halides is 2. The second kappa shape index (κ2) is 7.10. The van der Waals surface area contributed by atoms with Crippen molar-refractivity contribution in [2.24, 2.45) is 5.73 Å². The van der Waals surface area contributed by atoms with Gasteiger partial charge in [-0.25, -0.2) is 4.79 Å². The van der Waals surface area contributed by atoms with E-state index >= 15 is 0 Å². The highest BCUT2D eigenvalue weighted by atomic mass is 19.3. The Bertz CT molecular complexity index is 224. The molecule has 0 radical (unpaired) electrons. The average Bonchev–Trinajstić information content (AvgIpc) is 2.15. The second-order valence-electron chi connectivity index (χ2n) is 2.98. The van der Waals surface area contributed by atoms with Gasteiger partial charge in [0.15, 0.2) is 0 Å². The summed E-state index contributed by atoms with van der Waals surface area (Å²) in [6.45, 7) is 0.398. The van der Waals surface area contributed by atoms with E-state index in [4.69, 9.17) is 10.8 Å². The third-order valence-corrected chi connectivity index (χ3v) is 1.76. The molecule has 0 saturated heterocycles. The minimum atomic E-state index is -3.19. The largest absolute Gasteiger partial charge is 0.480 e. The smallest absolute Gasteiger partial charge is 0.326 e. The van der Waals surface area contributed by atoms with Gasteiger partial charge in [-0.3, -0.25) is 4.79 Å². The lowest BCUT2D eigenvalue weighted by Gasteiger charge is -2.13. The third-order valence-electron chi connectivity index (χ3n) is 1.76. The molecule has 0 fully saturated rings. The highest BCUT2D eigenvalue weighted by Crippen LogP contribution is 2.02. The predicted octanol–water partition coefficient (Wildman–Crippen LogP) is -0.0501. The van der Waals surface area contributed by atoms with Crippen molar-refractivity contribution in [3.8, 4) is 0 Å². The molecule has 0 aliphatic rings. The number of unbranched alkanes of at least 4 members (excludes halogenated alkanes) is 1. The van der Waals surface area contributed by atoms with Crippen molar-refractivity contribution in [3.63, 3.8) is 0 Å². The summed E-state index contributed by atoms with van der Waals surface area (Å²) in [6, 6.07) is -1.27. The topological polar surface area (TPSA) is 92.4 Å². The van der Waals surface area contributed by atoms with Gasteiger partial charge in [-0.2, -0.15) is 8.78 Å². The maximum Gasteiger partial charge on any atom is 0.326 e. The molecule has 0 aliphatic heterocycles. The molecular formula is C8H14F2N2O3. The van der Waals surface area contributed by atoms with Crippen LogP contribution in [-0.4, -0.2) is 36.0 Å². The Kier molecular flexibility index (Phi) is 6.52. The van der Waals surface area contributed by atoms with Gasteiger partial charge in [-0.05, 0) is 25.8 Å². The Hall–Kier alpha value is -1.24. The Morgan fingerprint density at radius 3 is 2.33 bits per heavy atom. The zero-order valence-electron chi connectivity index (χ0n) is 8.08. The molecule has 0 aromatic heterocycles. The van der Waals surface area contributed by atoms with Crippen molar-refractivity contribution in [1.29, 1.82) is 0 Å². The molecule has 5 nitrogen and oxygen atoms in total. The Labute approximate surface area is 85.6 Å². The first kappa shape index (κ1) is 13.8. The van der Waals surface area contributed by atoms with Gasteiger partial charge in [-0.15, -0.1) is 0 Å². The fourth-order valence-corrected chi connectivity index (χ4v) is 0.985. The van der Waals surface area contributed by atoms with Crippen LogP contribution in [0.2, 0.25) is 0 Å². The lowest BCUT2D eigenvalue weighted by molar-refractivity contribution is -0.144. The molecule has 0 saturated carbocycles. The van der Waals surface area contributed by atoms with E-state index in [2.05, 4.69) is 0 Å². The number of nitrogens with one attached hydrogen (secondary N) is 1. The van der Waals surface area contributed by atoms with E-state index in [1.165, 1.54) is 0 Å². The molecule has 0 spiro atoms. The van der Waals surface area contributed by atoms with Crippen LogP contribution in [0.3, 0.4) is 0 Å². The molecule has 7 heteroatoms. The number of carbonyl (C=O) groups is 2. The molecule has 4 N–H and O–H groups in total. The zero-order valence-corrected chi connectivity index (χ0v) is 8.08. The summed E-state index contributed by atoms with van der Waals surface area (Å²) in [6.07, 6.45) is -2.03. The number of carbonyl (C=O) groups excluding carboxylic acids is 1. The summed E-state index contributed by atoms with van der Waals surface area (Å²) in [5, 5.41) is 10.4. The van der Waals surface area contributed by atoms with Crippen LogP contribution >= 0.6 is 0 Å². The van der Waals surface area contributed by atoms with Crippen LogP contribution in [-0.2, 0) is 9.59 Å². The highest BCUT2D eigenvalue weighted by molar-refractivity contribution is 5.85. The number of halogens is 2. The Morgan fingerprint density at radius 2 is 1.93 bits per heavy atom. The van der Waals surface area contributed by atoms with E-state index in [1.807, 2.05) is 0 Å². The van der Waals surface area contributed by atoms with Crippen molar-refractivity contribution < 1.29 is 23.5 Å². The molecule has 0 aliphatic carbocycles. The Morgan fingerprint density at radius 1 is 1.33 bits per heavy atom. The van der Waals surface area contributed by atoms with Crippen molar-refractivity contribution in [1.82, 2.24) is 5.32 Å². The highest BCUT2D eigenvalue weighted by Gasteiger charge is 2.23. The summed E-state index contributed by atoms with van der Waals surface area (Å²) in [5.41, 5.74) is 5.19. The molecule has 1 amide bonds. The van der Waals surface area contributed by atoms with Crippen molar-refractivity contribution >= 4 is 11.9 Å². The summed E-state index contributed by atoms with van der Waals surface area (Å²) in [5.74, 6) is -2.88. The maximum atomic E-state index is 11.8. The number of hydrogen-bond donors (Lipinski definition) is 3. The van der Waals surface area contributed by atoms with Gasteiger partial charge in [0.1, 0.15) is 6.04 Å². The van der Waals surface area contributed by atoms with Crippen LogP contribution in [0.15, 0.2) is 0 Å². The summed E-state index contributed by atoms with van der Waals surface area (Å²) >= 11 is 0. The molecule has 88 valence electrons. The summed E-state index contributed by atoms with van der Waals surface area (Å²) < 4.78 is 23.6. The minimum Gasteiger partial charge on any atom is -0.480 e. The zero-order chi connectivity index (χ0) is 11.8. The molecule has 1 atom stereocenters. The number of amides is 1. The number of carboxylic acid groups (broad SMARTS) is 1. The van der Waals surface area contributed by atoms with Crippen molar-refractivity contribution in [2.75, 3.05) is 6.54 Å². The van der Waals surface area contributed by atoms with Gasteiger partial charge in [0.2, 0.25) is 0 Å². The molecular weight excluding hydrogens is 210 g/mol. The SMILES string of the molecule is NCCCC[C@H](NC(=O)C(F)F)C(=O)O.